The number of nitrogens with zero attached hydrogens (tertiary/aromatic N) is 3. The van der Waals surface area contributed by atoms with Crippen LogP contribution < -0.4 is 4.74 Å². The Morgan fingerprint density at radius 2 is 1.89 bits per heavy atom. The summed E-state index contributed by atoms with van der Waals surface area (Å²) < 4.78 is 11.5. The minimum atomic E-state index is -0.488. The smallest absolute Gasteiger partial charge is 0.410 e. The van der Waals surface area contributed by atoms with Crippen LogP contribution in [0.1, 0.15) is 44.7 Å². The van der Waals surface area contributed by atoms with Crippen LogP contribution in [0, 0.1) is 0 Å². The normalized spacial score (nSPS) is 16.8. The van der Waals surface area contributed by atoms with Crippen LogP contribution in [-0.2, 0) is 17.6 Å². The van der Waals surface area contributed by atoms with Crippen molar-refractivity contribution in [3.63, 3.8) is 0 Å². The van der Waals surface area contributed by atoms with Gasteiger partial charge in [-0.2, -0.15) is 0 Å². The van der Waals surface area contributed by atoms with Gasteiger partial charge in [0.25, 0.3) is 0 Å². The molecule has 0 aliphatic carbocycles. The zero-order valence-electron chi connectivity index (χ0n) is 16.9. The first-order valence-corrected chi connectivity index (χ1v) is 9.86. The van der Waals surface area contributed by atoms with Gasteiger partial charge >= 0.3 is 6.09 Å². The summed E-state index contributed by atoms with van der Waals surface area (Å²) in [5.41, 5.74) is 1.89. The summed E-state index contributed by atoms with van der Waals surface area (Å²) in [4.78, 5) is 22.5. The van der Waals surface area contributed by atoms with Gasteiger partial charge in [-0.3, -0.25) is 9.97 Å². The summed E-state index contributed by atoms with van der Waals surface area (Å²) >= 11 is 0. The largest absolute Gasteiger partial charge is 0.490 e. The third-order valence-corrected chi connectivity index (χ3v) is 4.67. The molecule has 1 amide bonds. The van der Waals surface area contributed by atoms with E-state index in [2.05, 4.69) is 9.97 Å². The monoisotopic (exact) mass is 383 g/mol. The minimum Gasteiger partial charge on any atom is -0.490 e. The van der Waals surface area contributed by atoms with Gasteiger partial charge in [-0.1, -0.05) is 0 Å². The van der Waals surface area contributed by atoms with Crippen molar-refractivity contribution < 1.29 is 14.3 Å². The summed E-state index contributed by atoms with van der Waals surface area (Å²) in [6.07, 6.45) is 10.7. The van der Waals surface area contributed by atoms with Gasteiger partial charge in [-0.05, 0) is 75.8 Å². The molecule has 1 unspecified atom stereocenters. The Kier molecular flexibility index (Phi) is 6.49. The molecule has 1 aliphatic rings. The maximum atomic E-state index is 12.4. The fourth-order valence-corrected chi connectivity index (χ4v) is 3.28. The summed E-state index contributed by atoms with van der Waals surface area (Å²) in [6.45, 7) is 6.82. The number of pyridine rings is 2. The van der Waals surface area contributed by atoms with E-state index in [4.69, 9.17) is 9.47 Å². The molecule has 1 fully saturated rings. The summed E-state index contributed by atoms with van der Waals surface area (Å²) in [5.74, 6) is 0.739. The van der Waals surface area contributed by atoms with Crippen LogP contribution in [0.25, 0.3) is 0 Å². The van der Waals surface area contributed by atoms with Crippen molar-refractivity contribution in [2.75, 3.05) is 13.2 Å². The SMILES string of the molecule is CC(C)(C)OC(=O)N1CCCC1COc1cncc(CCc2ccncc2)c1. The lowest BCUT2D eigenvalue weighted by Gasteiger charge is -2.28. The minimum absolute atomic E-state index is 0.0373. The topological polar surface area (TPSA) is 64.5 Å². The van der Waals surface area contributed by atoms with Crippen molar-refractivity contribution in [1.82, 2.24) is 14.9 Å². The van der Waals surface area contributed by atoms with E-state index in [1.54, 1.807) is 11.1 Å². The first-order chi connectivity index (χ1) is 13.4. The second kappa shape index (κ2) is 9.04. The highest BCUT2D eigenvalue weighted by atomic mass is 16.6. The Morgan fingerprint density at radius 1 is 1.14 bits per heavy atom. The molecule has 0 bridgehead atoms. The van der Waals surface area contributed by atoms with E-state index >= 15 is 0 Å². The molecule has 1 atom stereocenters. The van der Waals surface area contributed by atoms with Gasteiger partial charge in [0.1, 0.15) is 18.0 Å². The molecule has 0 radical (unpaired) electrons. The van der Waals surface area contributed by atoms with Gasteiger partial charge in [0.15, 0.2) is 0 Å². The number of ether oxygens (including phenoxy) is 2. The van der Waals surface area contributed by atoms with Crippen molar-refractivity contribution in [3.8, 4) is 5.75 Å². The first-order valence-electron chi connectivity index (χ1n) is 9.86. The average molecular weight is 383 g/mol. The van der Waals surface area contributed by atoms with Crippen molar-refractivity contribution >= 4 is 6.09 Å². The van der Waals surface area contributed by atoms with E-state index in [1.165, 1.54) is 5.56 Å². The molecule has 150 valence electrons. The maximum Gasteiger partial charge on any atom is 0.410 e. The summed E-state index contributed by atoms with van der Waals surface area (Å²) in [7, 11) is 0. The lowest BCUT2D eigenvalue weighted by atomic mass is 10.1. The number of carbonyl (C=O) groups excluding carboxylic acids is 1. The number of aryl methyl sites for hydroxylation is 2. The van der Waals surface area contributed by atoms with Crippen LogP contribution in [0.5, 0.6) is 5.75 Å². The molecule has 28 heavy (non-hydrogen) atoms. The predicted octanol–water partition coefficient (Wildman–Crippen LogP) is 4.04. The fourth-order valence-electron chi connectivity index (χ4n) is 3.28. The molecule has 2 aromatic heterocycles. The number of rotatable bonds is 6. The van der Waals surface area contributed by atoms with Crippen LogP contribution in [0.15, 0.2) is 43.0 Å². The maximum absolute atomic E-state index is 12.4. The Hall–Kier alpha value is -2.63. The Morgan fingerprint density at radius 3 is 2.64 bits per heavy atom. The molecule has 1 saturated heterocycles. The second-order valence-corrected chi connectivity index (χ2v) is 8.17. The van der Waals surface area contributed by atoms with E-state index in [-0.39, 0.29) is 12.1 Å². The van der Waals surface area contributed by atoms with E-state index in [9.17, 15) is 4.79 Å². The summed E-state index contributed by atoms with van der Waals surface area (Å²) in [6, 6.07) is 6.12. The van der Waals surface area contributed by atoms with E-state index in [0.29, 0.717) is 13.2 Å². The zero-order chi connectivity index (χ0) is 20.0. The second-order valence-electron chi connectivity index (χ2n) is 8.17. The molecule has 6 nitrogen and oxygen atoms in total. The van der Waals surface area contributed by atoms with Gasteiger partial charge < -0.3 is 14.4 Å². The molecule has 0 saturated carbocycles. The number of likely N-dealkylation sites (tertiary alicyclic amines) is 1. The molecular formula is C22H29N3O3. The van der Waals surface area contributed by atoms with Crippen LogP contribution in [0.3, 0.4) is 0 Å². The third-order valence-electron chi connectivity index (χ3n) is 4.67. The number of carbonyl (C=O) groups is 1. The van der Waals surface area contributed by atoms with Gasteiger partial charge in [0.2, 0.25) is 0 Å². The standard InChI is InChI=1S/C22H29N3O3/c1-22(2,3)28-21(26)25-12-4-5-19(25)16-27-20-13-18(14-24-15-20)7-6-17-8-10-23-11-9-17/h8-11,13-15,19H,4-7,12,16H2,1-3H3. The Balaban J connectivity index is 1.53. The van der Waals surface area contributed by atoms with Gasteiger partial charge in [-0.15, -0.1) is 0 Å². The zero-order valence-corrected chi connectivity index (χ0v) is 16.9. The quantitative estimate of drug-likeness (QED) is 0.753. The summed E-state index contributed by atoms with van der Waals surface area (Å²) in [5, 5.41) is 0. The van der Waals surface area contributed by atoms with Crippen molar-refractivity contribution in [1.29, 1.82) is 0 Å². The van der Waals surface area contributed by atoms with Gasteiger partial charge in [0, 0.05) is 25.1 Å². The molecule has 3 heterocycles. The highest BCUT2D eigenvalue weighted by molar-refractivity contribution is 5.69. The highest BCUT2D eigenvalue weighted by Crippen LogP contribution is 2.22. The predicted molar refractivity (Wildman–Crippen MR) is 107 cm³/mol. The van der Waals surface area contributed by atoms with Crippen LogP contribution in [0.4, 0.5) is 4.79 Å². The van der Waals surface area contributed by atoms with Crippen LogP contribution in [-0.4, -0.2) is 45.8 Å². The van der Waals surface area contributed by atoms with E-state index < -0.39 is 5.60 Å². The number of aromatic nitrogens is 2. The van der Waals surface area contributed by atoms with Gasteiger partial charge in [0.05, 0.1) is 12.2 Å². The lowest BCUT2D eigenvalue weighted by Crippen LogP contribution is -2.42. The molecule has 6 heteroatoms. The molecular weight excluding hydrogens is 354 g/mol. The molecule has 0 aromatic carbocycles. The van der Waals surface area contributed by atoms with Crippen molar-refractivity contribution in [3.05, 3.63) is 54.1 Å². The average Bonchev–Trinajstić information content (AvgIpc) is 3.13. The van der Waals surface area contributed by atoms with Crippen molar-refractivity contribution in [2.24, 2.45) is 0 Å². The first kappa shape index (κ1) is 20.1. The highest BCUT2D eigenvalue weighted by Gasteiger charge is 2.32. The van der Waals surface area contributed by atoms with E-state index in [1.807, 2.05) is 57.6 Å². The molecule has 3 rings (SSSR count). The number of hydrogen-bond acceptors (Lipinski definition) is 5. The molecule has 0 spiro atoms. The number of hydrogen-bond donors (Lipinski definition) is 0. The molecule has 0 N–H and O–H groups in total. The van der Waals surface area contributed by atoms with Crippen LogP contribution >= 0.6 is 0 Å². The van der Waals surface area contributed by atoms with Gasteiger partial charge in [-0.25, -0.2) is 4.79 Å². The Bertz CT molecular complexity index is 774. The molecule has 2 aromatic rings. The van der Waals surface area contributed by atoms with Crippen molar-refractivity contribution in [2.45, 2.75) is 58.1 Å². The molecule has 1 aliphatic heterocycles. The van der Waals surface area contributed by atoms with Crippen LogP contribution in [0.2, 0.25) is 0 Å². The lowest BCUT2D eigenvalue weighted by molar-refractivity contribution is 0.0187. The Labute approximate surface area is 166 Å². The van der Waals surface area contributed by atoms with E-state index in [0.717, 1.165) is 37.0 Å². The third kappa shape index (κ3) is 5.94. The fraction of sp³-hybridized carbons (Fsp3) is 0.500. The number of amides is 1.